The molecule has 124 valence electrons. The Labute approximate surface area is 134 Å². The molecular formula is C17H23N3O3. The van der Waals surface area contributed by atoms with Gasteiger partial charge in [-0.3, -0.25) is 14.7 Å². The third-order valence-corrected chi connectivity index (χ3v) is 5.10. The zero-order valence-electron chi connectivity index (χ0n) is 13.7. The van der Waals surface area contributed by atoms with Gasteiger partial charge in [0, 0.05) is 12.5 Å². The lowest BCUT2D eigenvalue weighted by molar-refractivity contribution is -0.132. The topological polar surface area (TPSA) is 78.3 Å². The Bertz CT molecular complexity index is 792. The van der Waals surface area contributed by atoms with E-state index in [2.05, 4.69) is 5.10 Å². The lowest BCUT2D eigenvalue weighted by atomic mass is 9.82. The first-order valence-electron chi connectivity index (χ1n) is 8.00. The summed E-state index contributed by atoms with van der Waals surface area (Å²) in [6.07, 6.45) is 0. The predicted molar refractivity (Wildman–Crippen MR) is 88.1 cm³/mol. The van der Waals surface area contributed by atoms with Crippen molar-refractivity contribution in [1.29, 1.82) is 0 Å². The van der Waals surface area contributed by atoms with Gasteiger partial charge >= 0.3 is 0 Å². The fourth-order valence-corrected chi connectivity index (χ4v) is 3.41. The molecule has 0 spiro atoms. The van der Waals surface area contributed by atoms with Crippen LogP contribution in [0.2, 0.25) is 0 Å². The average Bonchev–Trinajstić information content (AvgIpc) is 2.99. The van der Waals surface area contributed by atoms with Crippen molar-refractivity contribution in [2.45, 2.75) is 32.9 Å². The number of aromatic nitrogens is 2. The van der Waals surface area contributed by atoms with E-state index in [-0.39, 0.29) is 29.8 Å². The van der Waals surface area contributed by atoms with E-state index < -0.39 is 5.60 Å². The number of aliphatic hydroxyl groups is 1. The normalized spacial score (nSPS) is 24.7. The molecule has 0 radical (unpaired) electrons. The van der Waals surface area contributed by atoms with Crippen LogP contribution in [0.25, 0.3) is 10.9 Å². The number of H-pyrrole nitrogens is 1. The Kier molecular flexibility index (Phi) is 3.80. The number of rotatable bonds is 3. The smallest absolute Gasteiger partial charge is 0.274 e. The van der Waals surface area contributed by atoms with Crippen LogP contribution >= 0.6 is 0 Å². The Balaban J connectivity index is 1.80. The van der Waals surface area contributed by atoms with Gasteiger partial charge in [0.05, 0.1) is 23.0 Å². The third-order valence-electron chi connectivity index (χ3n) is 5.10. The summed E-state index contributed by atoms with van der Waals surface area (Å²) >= 11 is 0. The predicted octanol–water partition coefficient (Wildman–Crippen LogP) is 1.19. The first-order valence-corrected chi connectivity index (χ1v) is 8.00. The van der Waals surface area contributed by atoms with Gasteiger partial charge in [0.2, 0.25) is 5.91 Å². The molecular weight excluding hydrogens is 294 g/mol. The van der Waals surface area contributed by atoms with Crippen LogP contribution in [0, 0.1) is 11.8 Å². The quantitative estimate of drug-likeness (QED) is 0.893. The molecule has 0 bridgehead atoms. The van der Waals surface area contributed by atoms with Crippen molar-refractivity contribution in [3.8, 4) is 0 Å². The molecule has 23 heavy (non-hydrogen) atoms. The molecule has 2 aromatic rings. The number of carbonyl (C=O) groups is 1. The van der Waals surface area contributed by atoms with Crippen molar-refractivity contribution in [2.75, 3.05) is 13.1 Å². The molecule has 1 aliphatic heterocycles. The SMILES string of the molecule is CC(C)[C@@]1(O)CN(C(=O)Cn2[nH]c3ccccc3c2=O)C[C@@H]1C. The monoisotopic (exact) mass is 317 g/mol. The first kappa shape index (κ1) is 15.8. The van der Waals surface area contributed by atoms with E-state index >= 15 is 0 Å². The lowest BCUT2D eigenvalue weighted by Crippen LogP contribution is -2.43. The average molecular weight is 317 g/mol. The van der Waals surface area contributed by atoms with Gasteiger partial charge in [-0.15, -0.1) is 0 Å². The minimum absolute atomic E-state index is 0.0193. The number of hydrogen-bond donors (Lipinski definition) is 2. The number of para-hydroxylation sites is 1. The number of aromatic amines is 1. The summed E-state index contributed by atoms with van der Waals surface area (Å²) in [5.41, 5.74) is -0.333. The summed E-state index contributed by atoms with van der Waals surface area (Å²) in [5, 5.41) is 14.3. The maximum atomic E-state index is 12.5. The molecule has 0 aliphatic carbocycles. The van der Waals surface area contributed by atoms with Gasteiger partial charge in [-0.2, -0.15) is 0 Å². The molecule has 2 atom stereocenters. The van der Waals surface area contributed by atoms with Crippen LogP contribution in [0.15, 0.2) is 29.1 Å². The van der Waals surface area contributed by atoms with Gasteiger partial charge in [0.1, 0.15) is 6.54 Å². The summed E-state index contributed by atoms with van der Waals surface area (Å²) in [4.78, 5) is 26.5. The number of amides is 1. The Morgan fingerprint density at radius 3 is 2.74 bits per heavy atom. The Hall–Kier alpha value is -2.08. The van der Waals surface area contributed by atoms with Crippen LogP contribution in [0.5, 0.6) is 0 Å². The van der Waals surface area contributed by atoms with Crippen molar-refractivity contribution in [1.82, 2.24) is 14.7 Å². The fourth-order valence-electron chi connectivity index (χ4n) is 3.41. The molecule has 1 saturated heterocycles. The standard InChI is InChI=1S/C17H23N3O3/c1-11(2)17(23)10-19(8-12(17)3)15(21)9-20-16(22)13-6-4-5-7-14(13)18-20/h4-7,11-12,18,23H,8-10H2,1-3H3/t12-,17-/m0/s1. The number of likely N-dealkylation sites (tertiary alicyclic amines) is 1. The van der Waals surface area contributed by atoms with Crippen LogP contribution in [-0.4, -0.2) is 44.4 Å². The van der Waals surface area contributed by atoms with Gasteiger partial charge < -0.3 is 10.0 Å². The molecule has 1 aromatic carbocycles. The Morgan fingerprint density at radius 1 is 1.43 bits per heavy atom. The van der Waals surface area contributed by atoms with Crippen LogP contribution in [0.4, 0.5) is 0 Å². The highest BCUT2D eigenvalue weighted by atomic mass is 16.3. The van der Waals surface area contributed by atoms with E-state index in [1.54, 1.807) is 17.0 Å². The lowest BCUT2D eigenvalue weighted by Gasteiger charge is -2.30. The number of hydrogen-bond acceptors (Lipinski definition) is 3. The molecule has 3 rings (SSSR count). The summed E-state index contributed by atoms with van der Waals surface area (Å²) in [6, 6.07) is 7.20. The van der Waals surface area contributed by atoms with E-state index in [9.17, 15) is 14.7 Å². The number of fused-ring (bicyclic) bond motifs is 1. The fraction of sp³-hybridized carbons (Fsp3) is 0.529. The number of nitrogens with one attached hydrogen (secondary N) is 1. The van der Waals surface area contributed by atoms with Crippen molar-refractivity contribution in [3.63, 3.8) is 0 Å². The van der Waals surface area contributed by atoms with E-state index in [0.29, 0.717) is 18.5 Å². The van der Waals surface area contributed by atoms with Gasteiger partial charge in [-0.1, -0.05) is 32.9 Å². The van der Waals surface area contributed by atoms with Gasteiger partial charge in [0.15, 0.2) is 0 Å². The summed E-state index contributed by atoms with van der Waals surface area (Å²) < 4.78 is 1.34. The largest absolute Gasteiger partial charge is 0.387 e. The molecule has 6 nitrogen and oxygen atoms in total. The second kappa shape index (κ2) is 5.53. The van der Waals surface area contributed by atoms with Crippen molar-refractivity contribution >= 4 is 16.8 Å². The van der Waals surface area contributed by atoms with Crippen molar-refractivity contribution < 1.29 is 9.90 Å². The van der Waals surface area contributed by atoms with Gasteiger partial charge in [0.25, 0.3) is 5.56 Å². The van der Waals surface area contributed by atoms with Crippen LogP contribution in [-0.2, 0) is 11.3 Å². The van der Waals surface area contributed by atoms with Crippen LogP contribution in [0.3, 0.4) is 0 Å². The molecule has 2 heterocycles. The van der Waals surface area contributed by atoms with Gasteiger partial charge in [-0.25, -0.2) is 4.68 Å². The first-order chi connectivity index (χ1) is 10.8. The molecule has 2 N–H and O–H groups in total. The number of β-amino-alcohol motifs (C(OH)–C–C–N with tert-alkyl or cyclic N) is 1. The van der Waals surface area contributed by atoms with E-state index in [1.165, 1.54) is 4.68 Å². The zero-order valence-corrected chi connectivity index (χ0v) is 13.7. The summed E-state index contributed by atoms with van der Waals surface area (Å²) in [7, 11) is 0. The highest BCUT2D eigenvalue weighted by molar-refractivity contribution is 5.80. The second-order valence-corrected chi connectivity index (χ2v) is 6.87. The van der Waals surface area contributed by atoms with Crippen LogP contribution in [0.1, 0.15) is 20.8 Å². The number of benzene rings is 1. The van der Waals surface area contributed by atoms with E-state index in [0.717, 1.165) is 5.52 Å². The molecule has 1 amide bonds. The summed E-state index contributed by atoms with van der Waals surface area (Å²) in [6.45, 7) is 6.69. The highest BCUT2D eigenvalue weighted by Crippen LogP contribution is 2.33. The van der Waals surface area contributed by atoms with Crippen LogP contribution < -0.4 is 5.56 Å². The molecule has 1 aromatic heterocycles. The minimum Gasteiger partial charge on any atom is -0.387 e. The third kappa shape index (κ3) is 2.57. The molecule has 6 heteroatoms. The van der Waals surface area contributed by atoms with Crippen molar-refractivity contribution in [3.05, 3.63) is 34.6 Å². The highest BCUT2D eigenvalue weighted by Gasteiger charge is 2.46. The minimum atomic E-state index is -0.860. The molecule has 0 saturated carbocycles. The molecule has 0 unspecified atom stereocenters. The zero-order chi connectivity index (χ0) is 16.8. The maximum Gasteiger partial charge on any atom is 0.274 e. The van der Waals surface area contributed by atoms with E-state index in [4.69, 9.17) is 0 Å². The Morgan fingerprint density at radius 2 is 2.13 bits per heavy atom. The summed E-state index contributed by atoms with van der Waals surface area (Å²) in [5.74, 6) is -0.0564. The second-order valence-electron chi connectivity index (χ2n) is 6.87. The maximum absolute atomic E-state index is 12.5. The molecule has 1 aliphatic rings. The van der Waals surface area contributed by atoms with E-state index in [1.807, 2.05) is 32.9 Å². The molecule has 1 fully saturated rings. The van der Waals surface area contributed by atoms with Gasteiger partial charge in [-0.05, 0) is 18.1 Å². The van der Waals surface area contributed by atoms with Crippen molar-refractivity contribution in [2.24, 2.45) is 11.8 Å². The number of carbonyl (C=O) groups excluding carboxylic acids is 1. The number of nitrogens with zero attached hydrogens (tertiary/aromatic N) is 2.